The van der Waals surface area contributed by atoms with E-state index in [0.29, 0.717) is 46.4 Å². The van der Waals surface area contributed by atoms with Crippen molar-refractivity contribution in [2.45, 2.75) is 25.8 Å². The lowest BCUT2D eigenvalue weighted by Gasteiger charge is -2.24. The Morgan fingerprint density at radius 3 is 2.59 bits per heavy atom. The highest BCUT2D eigenvalue weighted by Gasteiger charge is 2.24. The van der Waals surface area contributed by atoms with E-state index in [1.54, 1.807) is 59.6 Å². The van der Waals surface area contributed by atoms with E-state index < -0.39 is 17.8 Å². The third-order valence-electron chi connectivity index (χ3n) is 7.47. The van der Waals surface area contributed by atoms with Crippen molar-refractivity contribution in [3.8, 4) is 22.9 Å². The molecular weight excluding hydrogens is 585 g/mol. The number of nitrogens with one attached hydrogen (secondary N) is 2. The molecule has 1 aliphatic heterocycles. The van der Waals surface area contributed by atoms with Crippen molar-refractivity contribution < 1.29 is 18.7 Å². The van der Waals surface area contributed by atoms with Crippen LogP contribution in [0.25, 0.3) is 27.6 Å². The van der Waals surface area contributed by atoms with Crippen LogP contribution in [0.5, 0.6) is 5.75 Å². The second-order valence-corrected chi connectivity index (χ2v) is 10.6. The van der Waals surface area contributed by atoms with E-state index in [1.165, 1.54) is 6.20 Å². The molecule has 0 saturated carbocycles. The first-order chi connectivity index (χ1) is 22.3. The van der Waals surface area contributed by atoms with E-state index in [0.717, 1.165) is 24.9 Å². The van der Waals surface area contributed by atoms with Crippen molar-refractivity contribution in [3.63, 3.8) is 0 Å². The van der Waals surface area contributed by atoms with Gasteiger partial charge in [-0.15, -0.1) is 0 Å². The van der Waals surface area contributed by atoms with Crippen molar-refractivity contribution in [2.75, 3.05) is 26.7 Å². The number of hydrazine groups is 1. The van der Waals surface area contributed by atoms with Gasteiger partial charge in [0.2, 0.25) is 6.41 Å². The Bertz CT molecular complexity index is 1760. The molecule has 3 aromatic carbocycles. The Hall–Kier alpha value is -5.60. The normalized spacial score (nSPS) is 13.3. The summed E-state index contributed by atoms with van der Waals surface area (Å²) < 4.78 is 21.6. The molecule has 10 nitrogen and oxygen atoms in total. The van der Waals surface area contributed by atoms with Crippen molar-refractivity contribution in [1.82, 2.24) is 20.2 Å². The Balaban J connectivity index is 0.000000533. The van der Waals surface area contributed by atoms with Crippen LogP contribution in [0.15, 0.2) is 85.2 Å². The molecule has 4 aromatic rings. The predicted octanol–water partition coefficient (Wildman–Crippen LogP) is 5.22. The average Bonchev–Trinajstić information content (AvgIpc) is 3.55. The summed E-state index contributed by atoms with van der Waals surface area (Å²) in [5.74, 6) is 4.91. The number of fused-ring (bicyclic) bond motifs is 1. The summed E-state index contributed by atoms with van der Waals surface area (Å²) in [4.78, 5) is 29.2. The van der Waals surface area contributed by atoms with Crippen LogP contribution >= 0.6 is 0 Å². The fourth-order valence-electron chi connectivity index (χ4n) is 5.25. The van der Waals surface area contributed by atoms with Gasteiger partial charge in [-0.05, 0) is 47.7 Å². The van der Waals surface area contributed by atoms with Gasteiger partial charge in [-0.3, -0.25) is 9.59 Å². The minimum Gasteiger partial charge on any atom is -0.496 e. The third kappa shape index (κ3) is 7.72. The van der Waals surface area contributed by atoms with E-state index >= 15 is 4.39 Å². The number of methoxy groups -OCH3 is 1. The smallest absolute Gasteiger partial charge is 0.269 e. The molecule has 1 aromatic heterocycles. The number of benzene rings is 3. The Morgan fingerprint density at radius 2 is 1.91 bits per heavy atom. The molecule has 6 N–H and O–H groups in total. The van der Waals surface area contributed by atoms with Gasteiger partial charge in [0.05, 0.1) is 18.7 Å². The van der Waals surface area contributed by atoms with Crippen LogP contribution in [-0.2, 0) is 4.79 Å². The maximum atomic E-state index is 16.0. The van der Waals surface area contributed by atoms with Gasteiger partial charge in [0.25, 0.3) is 5.91 Å². The van der Waals surface area contributed by atoms with Crippen LogP contribution in [0.3, 0.4) is 0 Å². The Morgan fingerprint density at radius 1 is 1.17 bits per heavy atom. The molecule has 0 bridgehead atoms. The quantitative estimate of drug-likeness (QED) is 0.107. The average molecular weight is 624 g/mol. The number of hydrogen-bond acceptors (Lipinski definition) is 7. The lowest BCUT2D eigenvalue weighted by atomic mass is 9.93. The van der Waals surface area contributed by atoms with E-state index in [2.05, 4.69) is 23.3 Å². The number of carbonyl (C=O) groups is 2. The molecule has 11 heteroatoms. The molecule has 0 radical (unpaired) electrons. The number of nitrogens with zero attached hydrogens (tertiary/aromatic N) is 3. The standard InChI is InChI=1S/C30H25FN4O3.C5H13N3/c1-38-27-12-6-5-11-21(27)23-14-22(20-10-7-13-35(17-20)18-36)28(31)29-24(23)15-25(33-29)30(37)34-26(16-32)19-8-3-2-4-9-19;1-2-4-8(7)5-3-6/h2-6,8-12,14-15,18,26,33H,7,13,17H2,1H3,(H,34,37);3,5H,2,4,6-7H2,1H3/b;5-3-. The van der Waals surface area contributed by atoms with E-state index in [-0.39, 0.29) is 17.8 Å². The number of nitrogens with two attached hydrogens (primary N) is 2. The van der Waals surface area contributed by atoms with Gasteiger partial charge in [0.1, 0.15) is 17.5 Å². The van der Waals surface area contributed by atoms with Gasteiger partial charge >= 0.3 is 0 Å². The molecule has 238 valence electrons. The monoisotopic (exact) mass is 623 g/mol. The van der Waals surface area contributed by atoms with Crippen LogP contribution in [0.2, 0.25) is 0 Å². The van der Waals surface area contributed by atoms with Crippen molar-refractivity contribution >= 4 is 28.8 Å². The summed E-state index contributed by atoms with van der Waals surface area (Å²) in [6.07, 6.45) is 7.42. The molecule has 1 aliphatic rings. The number of aromatic nitrogens is 1. The first-order valence-corrected chi connectivity index (χ1v) is 14.9. The lowest BCUT2D eigenvalue weighted by Crippen LogP contribution is -2.28. The zero-order valence-corrected chi connectivity index (χ0v) is 25.9. The molecule has 0 aliphatic carbocycles. The van der Waals surface area contributed by atoms with Gasteiger partial charge in [0.15, 0.2) is 5.82 Å². The summed E-state index contributed by atoms with van der Waals surface area (Å²) >= 11 is 0. The maximum Gasteiger partial charge on any atom is 0.269 e. The maximum absolute atomic E-state index is 16.0. The molecular formula is C35H38FN7O3. The summed E-state index contributed by atoms with van der Waals surface area (Å²) in [6.45, 7) is 3.77. The fraction of sp³-hybridized carbons (Fsp3) is 0.229. The SMILES string of the molecule is CCCN(N)/C=C\N.COc1ccccc1-c1cc(C2=CCCN(C=O)C2)c(F)c2[nH]c(C(=O)NC(C#N)c3ccccc3)cc12. The van der Waals surface area contributed by atoms with Crippen LogP contribution in [-0.4, -0.2) is 54.0 Å². The predicted molar refractivity (Wildman–Crippen MR) is 177 cm³/mol. The van der Waals surface area contributed by atoms with Crippen LogP contribution in [0, 0.1) is 17.1 Å². The van der Waals surface area contributed by atoms with Gasteiger partial charge in [-0.1, -0.05) is 61.5 Å². The summed E-state index contributed by atoms with van der Waals surface area (Å²) in [5, 5.41) is 14.4. The molecule has 2 amide bonds. The second kappa shape index (κ2) is 15.9. The first-order valence-electron chi connectivity index (χ1n) is 14.9. The lowest BCUT2D eigenvalue weighted by molar-refractivity contribution is -0.117. The third-order valence-corrected chi connectivity index (χ3v) is 7.47. The van der Waals surface area contributed by atoms with Gasteiger partial charge in [-0.25, -0.2) is 10.2 Å². The van der Waals surface area contributed by atoms with Crippen molar-refractivity contribution in [2.24, 2.45) is 11.6 Å². The number of amides is 2. The number of ether oxygens (including phenoxy) is 1. The number of hydrogen-bond donors (Lipinski definition) is 4. The molecule has 46 heavy (non-hydrogen) atoms. The number of para-hydroxylation sites is 1. The number of carbonyl (C=O) groups excluding carboxylic acids is 2. The molecule has 0 saturated heterocycles. The van der Waals surface area contributed by atoms with Crippen molar-refractivity contribution in [1.29, 1.82) is 5.26 Å². The van der Waals surface area contributed by atoms with E-state index in [9.17, 15) is 14.9 Å². The summed E-state index contributed by atoms with van der Waals surface area (Å²) in [7, 11) is 1.56. The summed E-state index contributed by atoms with van der Waals surface area (Å²) in [6, 6.07) is 20.9. The van der Waals surface area contributed by atoms with Gasteiger partial charge in [0, 0.05) is 48.5 Å². The zero-order chi connectivity index (χ0) is 33.1. The number of H-pyrrole nitrogens is 1. The fourth-order valence-corrected chi connectivity index (χ4v) is 5.25. The minimum absolute atomic E-state index is 0.121. The second-order valence-electron chi connectivity index (χ2n) is 10.6. The molecule has 0 fully saturated rings. The van der Waals surface area contributed by atoms with E-state index in [1.807, 2.05) is 36.4 Å². The molecule has 2 heterocycles. The van der Waals surface area contributed by atoms with Crippen LogP contribution in [0.1, 0.15) is 47.4 Å². The van der Waals surface area contributed by atoms with Gasteiger partial charge in [-0.2, -0.15) is 5.26 Å². The van der Waals surface area contributed by atoms with Crippen molar-refractivity contribution in [3.05, 3.63) is 108 Å². The van der Waals surface area contributed by atoms with Crippen LogP contribution < -0.4 is 21.6 Å². The zero-order valence-electron chi connectivity index (χ0n) is 25.9. The summed E-state index contributed by atoms with van der Waals surface area (Å²) in [5.41, 5.74) is 8.42. The molecule has 5 rings (SSSR count). The van der Waals surface area contributed by atoms with Crippen LogP contribution in [0.4, 0.5) is 4.39 Å². The molecule has 1 atom stereocenters. The first kappa shape index (κ1) is 33.3. The Kier molecular flexibility index (Phi) is 11.5. The molecule has 1 unspecified atom stereocenters. The minimum atomic E-state index is -0.870. The highest BCUT2D eigenvalue weighted by molar-refractivity contribution is 6.05. The number of rotatable bonds is 10. The van der Waals surface area contributed by atoms with E-state index in [4.69, 9.17) is 16.3 Å². The highest BCUT2D eigenvalue weighted by atomic mass is 19.1. The number of halogens is 1. The Labute approximate surface area is 267 Å². The van der Waals surface area contributed by atoms with Gasteiger partial charge < -0.3 is 30.7 Å². The largest absolute Gasteiger partial charge is 0.496 e. The highest BCUT2D eigenvalue weighted by Crippen LogP contribution is 2.40. The number of aromatic amines is 1. The molecule has 0 spiro atoms. The number of nitriles is 1. The topological polar surface area (TPSA) is 153 Å².